The summed E-state index contributed by atoms with van der Waals surface area (Å²) in [6.07, 6.45) is 8.72. The highest BCUT2D eigenvalue weighted by molar-refractivity contribution is 4.82. The number of hydrogen-bond acceptors (Lipinski definition) is 1. The second-order valence-electron chi connectivity index (χ2n) is 5.43. The minimum atomic E-state index is 0.623. The van der Waals surface area contributed by atoms with Crippen LogP contribution in [0, 0.1) is 11.8 Å². The minimum Gasteiger partial charge on any atom is -0.311 e. The van der Waals surface area contributed by atoms with Crippen molar-refractivity contribution in [3.8, 4) is 0 Å². The summed E-state index contributed by atoms with van der Waals surface area (Å²) in [7, 11) is 0. The van der Waals surface area contributed by atoms with Gasteiger partial charge in [0.1, 0.15) is 0 Å². The monoisotopic (exact) mass is 209 g/mol. The van der Waals surface area contributed by atoms with Crippen molar-refractivity contribution in [3.05, 3.63) is 12.7 Å². The predicted octanol–water partition coefficient (Wildman–Crippen LogP) is 3.76. The van der Waals surface area contributed by atoms with Gasteiger partial charge in [-0.3, -0.25) is 0 Å². The Hall–Kier alpha value is -0.300. The molecule has 0 bridgehead atoms. The average molecular weight is 209 g/mol. The number of nitrogens with one attached hydrogen (secondary N) is 1. The normalized spacial score (nSPS) is 30.9. The van der Waals surface area contributed by atoms with Crippen LogP contribution in [0.25, 0.3) is 0 Å². The Labute approximate surface area is 95.3 Å². The molecule has 1 fully saturated rings. The van der Waals surface area contributed by atoms with Crippen LogP contribution in [0.15, 0.2) is 12.7 Å². The second-order valence-corrected chi connectivity index (χ2v) is 5.43. The van der Waals surface area contributed by atoms with E-state index in [9.17, 15) is 0 Å². The third-order valence-electron chi connectivity index (χ3n) is 3.83. The first-order chi connectivity index (χ1) is 7.13. The van der Waals surface area contributed by atoms with Gasteiger partial charge in [0.05, 0.1) is 0 Å². The minimum absolute atomic E-state index is 0.623. The molecular formula is C14H27N. The van der Waals surface area contributed by atoms with Gasteiger partial charge < -0.3 is 5.32 Å². The summed E-state index contributed by atoms with van der Waals surface area (Å²) in [5, 5.41) is 3.79. The van der Waals surface area contributed by atoms with Crippen molar-refractivity contribution in [1.29, 1.82) is 0 Å². The molecule has 1 aliphatic rings. The summed E-state index contributed by atoms with van der Waals surface area (Å²) in [5.74, 6) is 1.62. The molecule has 1 aliphatic carbocycles. The van der Waals surface area contributed by atoms with Crippen LogP contribution < -0.4 is 5.32 Å². The van der Waals surface area contributed by atoms with Crippen molar-refractivity contribution in [2.24, 2.45) is 11.8 Å². The highest BCUT2D eigenvalue weighted by Crippen LogP contribution is 2.24. The van der Waals surface area contributed by atoms with Crippen LogP contribution >= 0.6 is 0 Å². The lowest BCUT2D eigenvalue weighted by Crippen LogP contribution is -2.42. The Kier molecular flexibility index (Phi) is 5.38. The van der Waals surface area contributed by atoms with E-state index in [2.05, 4.69) is 32.7 Å². The highest BCUT2D eigenvalue weighted by Gasteiger charge is 2.21. The first-order valence-electron chi connectivity index (χ1n) is 6.50. The van der Waals surface area contributed by atoms with Crippen molar-refractivity contribution in [2.75, 3.05) is 0 Å². The number of allylic oxidation sites excluding steroid dienone is 1. The molecule has 0 aromatic rings. The molecule has 0 aromatic carbocycles. The summed E-state index contributed by atoms with van der Waals surface area (Å²) in [5.41, 5.74) is 0. The first-order valence-corrected chi connectivity index (χ1v) is 6.50. The summed E-state index contributed by atoms with van der Waals surface area (Å²) in [4.78, 5) is 0. The van der Waals surface area contributed by atoms with Gasteiger partial charge in [-0.25, -0.2) is 0 Å². The summed E-state index contributed by atoms with van der Waals surface area (Å²) >= 11 is 0. The average Bonchev–Trinajstić information content (AvgIpc) is 2.18. The van der Waals surface area contributed by atoms with E-state index in [1.54, 1.807) is 0 Å². The van der Waals surface area contributed by atoms with Crippen molar-refractivity contribution >= 4 is 0 Å². The molecule has 0 radical (unpaired) electrons. The fraction of sp³-hybridized carbons (Fsp3) is 0.857. The Morgan fingerprint density at radius 3 is 2.73 bits per heavy atom. The molecule has 15 heavy (non-hydrogen) atoms. The zero-order valence-corrected chi connectivity index (χ0v) is 10.6. The maximum atomic E-state index is 3.81. The molecule has 0 saturated heterocycles. The van der Waals surface area contributed by atoms with Crippen LogP contribution in [-0.4, -0.2) is 12.1 Å². The molecular weight excluding hydrogens is 182 g/mol. The van der Waals surface area contributed by atoms with Gasteiger partial charge in [0.25, 0.3) is 0 Å². The van der Waals surface area contributed by atoms with E-state index in [0.29, 0.717) is 12.0 Å². The lowest BCUT2D eigenvalue weighted by molar-refractivity contribution is 0.260. The highest BCUT2D eigenvalue weighted by atomic mass is 14.9. The molecule has 0 amide bonds. The quantitative estimate of drug-likeness (QED) is 0.680. The molecule has 1 nitrogen and oxygen atoms in total. The number of hydrogen-bond donors (Lipinski definition) is 1. The Bertz CT molecular complexity index is 188. The van der Waals surface area contributed by atoms with Crippen molar-refractivity contribution < 1.29 is 0 Å². The smallest absolute Gasteiger partial charge is 0.00721 e. The lowest BCUT2D eigenvalue weighted by atomic mass is 9.86. The molecule has 0 heterocycles. The van der Waals surface area contributed by atoms with Gasteiger partial charge in [-0.1, -0.05) is 32.8 Å². The molecule has 0 spiro atoms. The lowest BCUT2D eigenvalue weighted by Gasteiger charge is -2.32. The molecule has 1 rings (SSSR count). The second kappa shape index (κ2) is 6.32. The SMILES string of the molecule is C=CCC(C)C(C)NC1CCCC(C)C1. The van der Waals surface area contributed by atoms with E-state index in [1.165, 1.54) is 25.7 Å². The van der Waals surface area contributed by atoms with Gasteiger partial charge in [0.2, 0.25) is 0 Å². The number of rotatable bonds is 5. The molecule has 0 aliphatic heterocycles. The van der Waals surface area contributed by atoms with Gasteiger partial charge >= 0.3 is 0 Å². The van der Waals surface area contributed by atoms with E-state index < -0.39 is 0 Å². The van der Waals surface area contributed by atoms with E-state index in [0.717, 1.165) is 18.4 Å². The van der Waals surface area contributed by atoms with Crippen molar-refractivity contribution in [2.45, 2.75) is 65.0 Å². The molecule has 1 saturated carbocycles. The van der Waals surface area contributed by atoms with Crippen molar-refractivity contribution in [1.82, 2.24) is 5.32 Å². The maximum Gasteiger partial charge on any atom is 0.00721 e. The third-order valence-corrected chi connectivity index (χ3v) is 3.83. The Morgan fingerprint density at radius 1 is 1.40 bits per heavy atom. The zero-order valence-electron chi connectivity index (χ0n) is 10.6. The van der Waals surface area contributed by atoms with E-state index in [1.807, 2.05) is 6.08 Å². The molecule has 1 N–H and O–H groups in total. The fourth-order valence-electron chi connectivity index (χ4n) is 2.59. The Morgan fingerprint density at radius 2 is 2.13 bits per heavy atom. The van der Waals surface area contributed by atoms with E-state index in [-0.39, 0.29) is 0 Å². The van der Waals surface area contributed by atoms with Gasteiger partial charge in [-0.15, -0.1) is 6.58 Å². The van der Waals surface area contributed by atoms with Gasteiger partial charge in [-0.05, 0) is 38.0 Å². The predicted molar refractivity (Wildman–Crippen MR) is 68.0 cm³/mol. The fourth-order valence-corrected chi connectivity index (χ4v) is 2.59. The zero-order chi connectivity index (χ0) is 11.3. The van der Waals surface area contributed by atoms with Crippen LogP contribution in [0.1, 0.15) is 52.9 Å². The van der Waals surface area contributed by atoms with E-state index >= 15 is 0 Å². The summed E-state index contributed by atoms with van der Waals surface area (Å²) < 4.78 is 0. The first kappa shape index (κ1) is 12.8. The van der Waals surface area contributed by atoms with Gasteiger partial charge in [-0.2, -0.15) is 0 Å². The van der Waals surface area contributed by atoms with Crippen LogP contribution in [-0.2, 0) is 0 Å². The van der Waals surface area contributed by atoms with Crippen molar-refractivity contribution in [3.63, 3.8) is 0 Å². The third kappa shape index (κ3) is 4.38. The van der Waals surface area contributed by atoms with Crippen LogP contribution in [0.2, 0.25) is 0 Å². The van der Waals surface area contributed by atoms with E-state index in [4.69, 9.17) is 0 Å². The standard InChI is InChI=1S/C14H27N/c1-5-7-12(3)13(4)15-14-9-6-8-11(2)10-14/h5,11-15H,1,6-10H2,2-4H3. The van der Waals surface area contributed by atoms with Gasteiger partial charge in [0, 0.05) is 12.1 Å². The maximum absolute atomic E-state index is 3.81. The largest absolute Gasteiger partial charge is 0.311 e. The molecule has 0 aromatic heterocycles. The van der Waals surface area contributed by atoms with Crippen LogP contribution in [0.4, 0.5) is 0 Å². The Balaban J connectivity index is 2.29. The van der Waals surface area contributed by atoms with Crippen LogP contribution in [0.5, 0.6) is 0 Å². The summed E-state index contributed by atoms with van der Waals surface area (Å²) in [6, 6.07) is 1.38. The molecule has 4 unspecified atom stereocenters. The molecule has 1 heteroatoms. The molecule has 88 valence electrons. The summed E-state index contributed by atoms with van der Waals surface area (Å²) in [6.45, 7) is 10.8. The van der Waals surface area contributed by atoms with Crippen LogP contribution in [0.3, 0.4) is 0 Å². The van der Waals surface area contributed by atoms with Gasteiger partial charge in [0.15, 0.2) is 0 Å². The molecule has 4 atom stereocenters. The topological polar surface area (TPSA) is 12.0 Å².